The summed E-state index contributed by atoms with van der Waals surface area (Å²) in [5.74, 6) is 0.647. The second kappa shape index (κ2) is 9.34. The van der Waals surface area contributed by atoms with Gasteiger partial charge in [0.1, 0.15) is 0 Å². The number of aryl methyl sites for hydroxylation is 1. The van der Waals surface area contributed by atoms with E-state index in [2.05, 4.69) is 22.0 Å². The summed E-state index contributed by atoms with van der Waals surface area (Å²) in [4.78, 5) is 21.3. The molecule has 4 nitrogen and oxygen atoms in total. The SMILES string of the molecule is Cc1ncccc1C(=O)N(C)CC1CCN(CCc2ccc(Cl)cc2)CC1. The predicted molar refractivity (Wildman–Crippen MR) is 110 cm³/mol. The highest BCUT2D eigenvalue weighted by Gasteiger charge is 2.23. The first kappa shape index (κ1) is 19.8. The van der Waals surface area contributed by atoms with Crippen molar-refractivity contribution >= 4 is 17.5 Å². The van der Waals surface area contributed by atoms with Crippen LogP contribution in [0.2, 0.25) is 5.02 Å². The number of pyridine rings is 1. The minimum absolute atomic E-state index is 0.0748. The van der Waals surface area contributed by atoms with Crippen LogP contribution in [-0.2, 0) is 6.42 Å². The van der Waals surface area contributed by atoms with Crippen LogP contribution >= 0.6 is 11.6 Å². The van der Waals surface area contributed by atoms with Crippen LogP contribution in [0, 0.1) is 12.8 Å². The molecule has 1 aliphatic rings. The Morgan fingerprint density at radius 3 is 2.59 bits per heavy atom. The Balaban J connectivity index is 1.43. The van der Waals surface area contributed by atoms with Crippen molar-refractivity contribution in [2.45, 2.75) is 26.2 Å². The average molecular weight is 386 g/mol. The topological polar surface area (TPSA) is 36.4 Å². The van der Waals surface area contributed by atoms with Crippen LogP contribution in [0.5, 0.6) is 0 Å². The standard InChI is InChI=1S/C22H28ClN3O/c1-17-21(4-3-12-24-17)22(27)25(2)16-19-10-14-26(15-11-19)13-9-18-5-7-20(23)8-6-18/h3-8,12,19H,9-11,13-16H2,1-2H3. The number of amides is 1. The lowest BCUT2D eigenvalue weighted by Crippen LogP contribution is -2.40. The third kappa shape index (κ3) is 5.53. The summed E-state index contributed by atoms with van der Waals surface area (Å²) < 4.78 is 0. The Kier molecular flexibility index (Phi) is 6.86. The zero-order valence-electron chi connectivity index (χ0n) is 16.2. The summed E-state index contributed by atoms with van der Waals surface area (Å²) in [5, 5.41) is 0.791. The molecule has 0 atom stereocenters. The van der Waals surface area contributed by atoms with E-state index in [4.69, 9.17) is 11.6 Å². The summed E-state index contributed by atoms with van der Waals surface area (Å²) in [7, 11) is 1.90. The van der Waals surface area contributed by atoms with Gasteiger partial charge in [0.05, 0.1) is 5.56 Å². The first-order chi connectivity index (χ1) is 13.0. The number of hydrogen-bond acceptors (Lipinski definition) is 3. The monoisotopic (exact) mass is 385 g/mol. The summed E-state index contributed by atoms with van der Waals surface area (Å²) in [5.41, 5.74) is 2.84. The quantitative estimate of drug-likeness (QED) is 0.752. The van der Waals surface area contributed by atoms with Crippen molar-refractivity contribution in [1.29, 1.82) is 0 Å². The molecule has 0 saturated carbocycles. The molecule has 1 aromatic carbocycles. The second-order valence-corrected chi connectivity index (χ2v) is 7.92. The fourth-order valence-electron chi connectivity index (χ4n) is 3.72. The molecule has 0 N–H and O–H groups in total. The lowest BCUT2D eigenvalue weighted by Gasteiger charge is -2.34. The van der Waals surface area contributed by atoms with Crippen LogP contribution < -0.4 is 0 Å². The number of rotatable bonds is 6. The highest BCUT2D eigenvalue weighted by Crippen LogP contribution is 2.20. The predicted octanol–water partition coefficient (Wildman–Crippen LogP) is 4.07. The molecule has 144 valence electrons. The number of hydrogen-bond donors (Lipinski definition) is 0. The number of piperidine rings is 1. The number of benzene rings is 1. The third-order valence-corrected chi connectivity index (χ3v) is 5.71. The van der Waals surface area contributed by atoms with Crippen LogP contribution in [0.1, 0.15) is 34.5 Å². The molecule has 5 heteroatoms. The normalized spacial score (nSPS) is 15.7. The number of nitrogens with zero attached hydrogens (tertiary/aromatic N) is 3. The number of carbonyl (C=O) groups is 1. The molecule has 0 aliphatic carbocycles. The van der Waals surface area contributed by atoms with Gasteiger partial charge in [-0.15, -0.1) is 0 Å². The highest BCUT2D eigenvalue weighted by molar-refractivity contribution is 6.30. The number of aromatic nitrogens is 1. The molecule has 2 aromatic rings. The number of likely N-dealkylation sites (tertiary alicyclic amines) is 1. The molecular formula is C22H28ClN3O. The molecule has 1 amide bonds. The van der Waals surface area contributed by atoms with Crippen molar-refractivity contribution < 1.29 is 4.79 Å². The summed E-state index contributed by atoms with van der Waals surface area (Å²) in [6.45, 7) is 5.99. The highest BCUT2D eigenvalue weighted by atomic mass is 35.5. The molecule has 27 heavy (non-hydrogen) atoms. The fraction of sp³-hybridized carbons (Fsp3) is 0.455. The van der Waals surface area contributed by atoms with Gasteiger partial charge in [-0.2, -0.15) is 0 Å². The van der Waals surface area contributed by atoms with Gasteiger partial charge in [-0.1, -0.05) is 23.7 Å². The first-order valence-corrected chi connectivity index (χ1v) is 10.0. The smallest absolute Gasteiger partial charge is 0.255 e. The van der Waals surface area contributed by atoms with Crippen LogP contribution in [0.25, 0.3) is 0 Å². The Bertz CT molecular complexity index is 754. The van der Waals surface area contributed by atoms with E-state index in [1.54, 1.807) is 6.20 Å². The van der Waals surface area contributed by atoms with E-state index < -0.39 is 0 Å². The zero-order chi connectivity index (χ0) is 19.2. The third-order valence-electron chi connectivity index (χ3n) is 5.45. The van der Waals surface area contributed by atoms with Crippen molar-refractivity contribution in [3.8, 4) is 0 Å². The molecule has 0 unspecified atom stereocenters. The van der Waals surface area contributed by atoms with Crippen LogP contribution in [0.3, 0.4) is 0 Å². The van der Waals surface area contributed by atoms with Crippen molar-refractivity contribution in [3.63, 3.8) is 0 Å². The van der Waals surface area contributed by atoms with E-state index in [1.807, 2.05) is 43.1 Å². The molecule has 0 spiro atoms. The summed E-state index contributed by atoms with van der Waals surface area (Å²) in [6.07, 6.45) is 5.07. The van der Waals surface area contributed by atoms with Gasteiger partial charge >= 0.3 is 0 Å². The molecule has 1 fully saturated rings. The molecule has 1 saturated heterocycles. The van der Waals surface area contributed by atoms with Gasteiger partial charge in [0.2, 0.25) is 0 Å². The first-order valence-electron chi connectivity index (χ1n) is 9.67. The average Bonchev–Trinajstić information content (AvgIpc) is 2.68. The molecule has 0 bridgehead atoms. The van der Waals surface area contributed by atoms with E-state index in [-0.39, 0.29) is 5.91 Å². The lowest BCUT2D eigenvalue weighted by molar-refractivity contribution is 0.0739. The maximum absolute atomic E-state index is 12.7. The molecule has 1 aromatic heterocycles. The molecule has 3 rings (SSSR count). The Labute approximate surface area is 167 Å². The van der Waals surface area contributed by atoms with E-state index >= 15 is 0 Å². The van der Waals surface area contributed by atoms with Gasteiger partial charge in [0.15, 0.2) is 0 Å². The van der Waals surface area contributed by atoms with Crippen molar-refractivity contribution in [2.75, 3.05) is 33.2 Å². The van der Waals surface area contributed by atoms with Crippen LogP contribution in [-0.4, -0.2) is 53.9 Å². The van der Waals surface area contributed by atoms with E-state index in [9.17, 15) is 4.79 Å². The Hall–Kier alpha value is -1.91. The Morgan fingerprint density at radius 2 is 1.93 bits per heavy atom. The largest absolute Gasteiger partial charge is 0.341 e. The van der Waals surface area contributed by atoms with Gasteiger partial charge in [0, 0.05) is 37.1 Å². The van der Waals surface area contributed by atoms with Gasteiger partial charge in [-0.3, -0.25) is 9.78 Å². The van der Waals surface area contributed by atoms with E-state index in [1.165, 1.54) is 5.56 Å². The van der Waals surface area contributed by atoms with E-state index in [0.29, 0.717) is 11.5 Å². The van der Waals surface area contributed by atoms with Gasteiger partial charge in [0.25, 0.3) is 5.91 Å². The number of carbonyl (C=O) groups excluding carboxylic acids is 1. The minimum Gasteiger partial charge on any atom is -0.341 e. The number of halogens is 1. The van der Waals surface area contributed by atoms with Gasteiger partial charge in [-0.05, 0) is 75.0 Å². The molecular weight excluding hydrogens is 358 g/mol. The van der Waals surface area contributed by atoms with Crippen LogP contribution in [0.4, 0.5) is 0 Å². The van der Waals surface area contributed by atoms with Gasteiger partial charge < -0.3 is 9.80 Å². The summed E-state index contributed by atoms with van der Waals surface area (Å²) in [6, 6.07) is 11.8. The lowest BCUT2D eigenvalue weighted by atomic mass is 9.95. The van der Waals surface area contributed by atoms with Crippen molar-refractivity contribution in [2.24, 2.45) is 5.92 Å². The fourth-order valence-corrected chi connectivity index (χ4v) is 3.84. The molecule has 1 aliphatic heterocycles. The maximum Gasteiger partial charge on any atom is 0.255 e. The summed E-state index contributed by atoms with van der Waals surface area (Å²) >= 11 is 5.95. The molecule has 0 radical (unpaired) electrons. The van der Waals surface area contributed by atoms with Crippen molar-refractivity contribution in [3.05, 3.63) is 64.4 Å². The maximum atomic E-state index is 12.7. The second-order valence-electron chi connectivity index (χ2n) is 7.48. The molecule has 2 heterocycles. The van der Waals surface area contributed by atoms with E-state index in [0.717, 1.165) is 56.2 Å². The Morgan fingerprint density at radius 1 is 1.22 bits per heavy atom. The van der Waals surface area contributed by atoms with Crippen molar-refractivity contribution in [1.82, 2.24) is 14.8 Å². The van der Waals surface area contributed by atoms with Gasteiger partial charge in [-0.25, -0.2) is 0 Å². The minimum atomic E-state index is 0.0748. The van der Waals surface area contributed by atoms with Crippen LogP contribution in [0.15, 0.2) is 42.6 Å². The zero-order valence-corrected chi connectivity index (χ0v) is 17.0.